The fourth-order valence-corrected chi connectivity index (χ4v) is 1.05. The summed E-state index contributed by atoms with van der Waals surface area (Å²) in [6.45, 7) is 5.83. The molecule has 0 aliphatic rings. The Morgan fingerprint density at radius 1 is 1.33 bits per heavy atom. The van der Waals surface area contributed by atoms with Crippen molar-refractivity contribution in [1.82, 2.24) is 5.32 Å². The lowest BCUT2D eigenvalue weighted by Gasteiger charge is -2.13. The zero-order valence-corrected chi connectivity index (χ0v) is 7.63. The van der Waals surface area contributed by atoms with Gasteiger partial charge >= 0.3 is 11.9 Å². The summed E-state index contributed by atoms with van der Waals surface area (Å²) in [4.78, 5) is 20.7. The van der Waals surface area contributed by atoms with Crippen LogP contribution >= 0.6 is 0 Å². The average Bonchev–Trinajstić information content (AvgIpc) is 1.84. The number of carbonyl (C=O) groups excluding carboxylic acids is 1. The summed E-state index contributed by atoms with van der Waals surface area (Å²) in [7, 11) is 0. The molecule has 0 rings (SSSR count). The minimum Gasteiger partial charge on any atom is -0.474 e. The summed E-state index contributed by atoms with van der Waals surface area (Å²) in [5.41, 5.74) is 0. The summed E-state index contributed by atoms with van der Waals surface area (Å²) in [6.07, 6.45) is 0.791. The van der Waals surface area contributed by atoms with E-state index in [-0.39, 0.29) is 6.04 Å². The monoisotopic (exact) mass is 173 g/mol. The van der Waals surface area contributed by atoms with E-state index in [4.69, 9.17) is 5.11 Å². The second-order valence-corrected chi connectivity index (χ2v) is 3.31. The van der Waals surface area contributed by atoms with E-state index >= 15 is 0 Å². The Labute approximate surface area is 72.0 Å². The van der Waals surface area contributed by atoms with Crippen LogP contribution in [-0.2, 0) is 9.59 Å². The van der Waals surface area contributed by atoms with Gasteiger partial charge in [-0.2, -0.15) is 0 Å². The zero-order chi connectivity index (χ0) is 9.72. The normalized spacial score (nSPS) is 12.7. The summed E-state index contributed by atoms with van der Waals surface area (Å²) >= 11 is 0. The minimum absolute atomic E-state index is 0.0754. The number of aliphatic carboxylic acids is 1. The number of hydrogen-bond acceptors (Lipinski definition) is 2. The second kappa shape index (κ2) is 4.74. The van der Waals surface area contributed by atoms with Crippen molar-refractivity contribution in [3.05, 3.63) is 0 Å². The van der Waals surface area contributed by atoms with E-state index in [1.807, 2.05) is 13.8 Å². The smallest absolute Gasteiger partial charge is 0.394 e. The van der Waals surface area contributed by atoms with Crippen LogP contribution < -0.4 is 5.32 Å². The quantitative estimate of drug-likeness (QED) is 0.615. The average molecular weight is 173 g/mol. The van der Waals surface area contributed by atoms with E-state index in [0.717, 1.165) is 6.42 Å². The molecule has 0 aliphatic heterocycles. The van der Waals surface area contributed by atoms with Crippen LogP contribution in [0.3, 0.4) is 0 Å². The molecule has 0 saturated heterocycles. The molecule has 2 N–H and O–H groups in total. The lowest BCUT2D eigenvalue weighted by molar-refractivity contribution is -0.150. The van der Waals surface area contributed by atoms with Crippen LogP contribution in [0.25, 0.3) is 0 Å². The van der Waals surface area contributed by atoms with Gasteiger partial charge in [0.2, 0.25) is 0 Å². The van der Waals surface area contributed by atoms with Crippen LogP contribution in [0.2, 0.25) is 0 Å². The molecule has 0 bridgehead atoms. The first-order chi connectivity index (χ1) is 5.43. The molecule has 0 aromatic carbocycles. The Morgan fingerprint density at radius 2 is 1.83 bits per heavy atom. The van der Waals surface area contributed by atoms with Crippen molar-refractivity contribution in [2.75, 3.05) is 0 Å². The maximum Gasteiger partial charge on any atom is 0.394 e. The van der Waals surface area contributed by atoms with Crippen molar-refractivity contribution in [1.29, 1.82) is 0 Å². The Morgan fingerprint density at radius 3 is 2.17 bits per heavy atom. The van der Waals surface area contributed by atoms with E-state index in [9.17, 15) is 9.59 Å². The third-order valence-electron chi connectivity index (χ3n) is 1.40. The van der Waals surface area contributed by atoms with Crippen LogP contribution in [-0.4, -0.2) is 23.0 Å². The minimum atomic E-state index is -1.43. The van der Waals surface area contributed by atoms with Crippen molar-refractivity contribution >= 4 is 11.9 Å². The molecule has 0 radical (unpaired) electrons. The van der Waals surface area contributed by atoms with E-state index in [2.05, 4.69) is 5.32 Å². The van der Waals surface area contributed by atoms with Gasteiger partial charge in [-0.25, -0.2) is 4.79 Å². The highest BCUT2D eigenvalue weighted by atomic mass is 16.4. The molecule has 70 valence electrons. The maximum absolute atomic E-state index is 10.6. The highest BCUT2D eigenvalue weighted by Crippen LogP contribution is 2.03. The van der Waals surface area contributed by atoms with E-state index < -0.39 is 11.9 Å². The standard InChI is InChI=1S/C8H15NO3/c1-5(2)4-6(3)9-7(10)8(11)12/h5-6H,4H2,1-3H3,(H,9,10)(H,11,12)/t6-/m1/s1. The topological polar surface area (TPSA) is 66.4 Å². The van der Waals surface area contributed by atoms with Gasteiger partial charge in [0.1, 0.15) is 0 Å². The highest BCUT2D eigenvalue weighted by Gasteiger charge is 2.14. The first-order valence-electron chi connectivity index (χ1n) is 3.97. The Bertz CT molecular complexity index is 177. The van der Waals surface area contributed by atoms with E-state index in [1.54, 1.807) is 6.92 Å². The lowest BCUT2D eigenvalue weighted by Crippen LogP contribution is -2.38. The molecule has 0 heterocycles. The lowest BCUT2D eigenvalue weighted by atomic mass is 10.1. The molecule has 1 amide bonds. The fourth-order valence-electron chi connectivity index (χ4n) is 1.05. The molecule has 0 aliphatic carbocycles. The van der Waals surface area contributed by atoms with Crippen LogP contribution in [0.4, 0.5) is 0 Å². The maximum atomic E-state index is 10.6. The molecule has 0 saturated carbocycles. The van der Waals surface area contributed by atoms with Crippen molar-refractivity contribution in [3.63, 3.8) is 0 Å². The van der Waals surface area contributed by atoms with Crippen LogP contribution in [0, 0.1) is 5.92 Å². The Balaban J connectivity index is 3.76. The van der Waals surface area contributed by atoms with Crippen molar-refractivity contribution in [2.24, 2.45) is 5.92 Å². The third-order valence-corrected chi connectivity index (χ3v) is 1.40. The largest absolute Gasteiger partial charge is 0.474 e. The van der Waals surface area contributed by atoms with Crippen molar-refractivity contribution in [2.45, 2.75) is 33.2 Å². The number of rotatable bonds is 3. The molecule has 0 aromatic rings. The first-order valence-corrected chi connectivity index (χ1v) is 3.97. The van der Waals surface area contributed by atoms with Crippen LogP contribution in [0.1, 0.15) is 27.2 Å². The number of hydrogen-bond donors (Lipinski definition) is 2. The molecular formula is C8H15NO3. The van der Waals surface area contributed by atoms with Crippen LogP contribution in [0.5, 0.6) is 0 Å². The van der Waals surface area contributed by atoms with Gasteiger partial charge in [-0.1, -0.05) is 13.8 Å². The van der Waals surface area contributed by atoms with Crippen LogP contribution in [0.15, 0.2) is 0 Å². The zero-order valence-electron chi connectivity index (χ0n) is 7.63. The number of carbonyl (C=O) groups is 2. The van der Waals surface area contributed by atoms with E-state index in [0.29, 0.717) is 5.92 Å². The molecular weight excluding hydrogens is 158 g/mol. The summed E-state index contributed by atoms with van der Waals surface area (Å²) in [5, 5.41) is 10.6. The van der Waals surface area contributed by atoms with Gasteiger partial charge in [0.25, 0.3) is 0 Å². The van der Waals surface area contributed by atoms with Gasteiger partial charge in [0.15, 0.2) is 0 Å². The predicted molar refractivity (Wildman–Crippen MR) is 44.7 cm³/mol. The van der Waals surface area contributed by atoms with Crippen molar-refractivity contribution < 1.29 is 14.7 Å². The van der Waals surface area contributed by atoms with Gasteiger partial charge in [0, 0.05) is 6.04 Å². The number of nitrogens with one attached hydrogen (secondary N) is 1. The van der Waals surface area contributed by atoms with Crippen molar-refractivity contribution in [3.8, 4) is 0 Å². The SMILES string of the molecule is CC(C)C[C@@H](C)NC(=O)C(=O)O. The summed E-state index contributed by atoms with van der Waals surface area (Å²) < 4.78 is 0. The van der Waals surface area contributed by atoms with E-state index in [1.165, 1.54) is 0 Å². The molecule has 1 atom stereocenters. The highest BCUT2D eigenvalue weighted by molar-refractivity contribution is 6.31. The van der Waals surface area contributed by atoms with Gasteiger partial charge in [-0.3, -0.25) is 4.79 Å². The van der Waals surface area contributed by atoms with Gasteiger partial charge in [-0.15, -0.1) is 0 Å². The molecule has 0 unspecified atom stereocenters. The Kier molecular flexibility index (Phi) is 4.33. The molecule has 0 spiro atoms. The fraction of sp³-hybridized carbons (Fsp3) is 0.750. The number of amides is 1. The molecule has 4 nitrogen and oxygen atoms in total. The first kappa shape index (κ1) is 10.9. The summed E-state index contributed by atoms with van der Waals surface area (Å²) in [5.74, 6) is -1.90. The summed E-state index contributed by atoms with van der Waals surface area (Å²) in [6, 6.07) is -0.0754. The Hall–Kier alpha value is -1.06. The van der Waals surface area contributed by atoms with Gasteiger partial charge < -0.3 is 10.4 Å². The number of carboxylic acid groups (broad SMARTS) is 1. The molecule has 0 aromatic heterocycles. The number of carboxylic acids is 1. The van der Waals surface area contributed by atoms with Gasteiger partial charge in [-0.05, 0) is 19.3 Å². The third kappa shape index (κ3) is 4.71. The molecule has 12 heavy (non-hydrogen) atoms. The van der Waals surface area contributed by atoms with Gasteiger partial charge in [0.05, 0.1) is 0 Å². The molecule has 4 heteroatoms. The predicted octanol–water partition coefficient (Wildman–Crippen LogP) is 0.622. The second-order valence-electron chi connectivity index (χ2n) is 3.31. The molecule has 0 fully saturated rings.